The van der Waals surface area contributed by atoms with E-state index in [0.717, 1.165) is 5.69 Å². The van der Waals surface area contributed by atoms with Gasteiger partial charge in [0, 0.05) is 18.8 Å². The first-order valence-corrected chi connectivity index (χ1v) is 7.71. The van der Waals surface area contributed by atoms with E-state index >= 15 is 0 Å². The predicted octanol–water partition coefficient (Wildman–Crippen LogP) is -0.346. The molecule has 98 valence electrons. The molecule has 0 radical (unpaired) electrons. The van der Waals surface area contributed by atoms with E-state index in [-0.39, 0.29) is 16.5 Å². The first kappa shape index (κ1) is 13.2. The van der Waals surface area contributed by atoms with Gasteiger partial charge in [-0.1, -0.05) is 12.2 Å². The minimum atomic E-state index is -2.91. The molecule has 18 heavy (non-hydrogen) atoms. The first-order valence-electron chi connectivity index (χ1n) is 5.48. The van der Waals surface area contributed by atoms with E-state index in [2.05, 4.69) is 9.97 Å². The molecule has 2 heterocycles. The fourth-order valence-corrected chi connectivity index (χ4v) is 3.04. The van der Waals surface area contributed by atoms with Gasteiger partial charge in [-0.05, 0) is 13.0 Å². The van der Waals surface area contributed by atoms with Gasteiger partial charge >= 0.3 is 0 Å². The summed E-state index contributed by atoms with van der Waals surface area (Å²) in [6.07, 6.45) is 0. The van der Waals surface area contributed by atoms with Gasteiger partial charge in [0.15, 0.2) is 9.84 Å². The number of hydrogen-bond donors (Lipinski definition) is 1. The van der Waals surface area contributed by atoms with Crippen LogP contribution in [0.5, 0.6) is 0 Å². The molecule has 8 heteroatoms. The Bertz CT molecular complexity index is 572. The van der Waals surface area contributed by atoms with Crippen LogP contribution in [0.2, 0.25) is 0 Å². The van der Waals surface area contributed by atoms with Crippen molar-refractivity contribution in [2.24, 2.45) is 5.73 Å². The molecule has 6 nitrogen and oxygen atoms in total. The van der Waals surface area contributed by atoms with Crippen LogP contribution in [0.3, 0.4) is 0 Å². The van der Waals surface area contributed by atoms with Gasteiger partial charge in [0.05, 0.1) is 11.5 Å². The van der Waals surface area contributed by atoms with Crippen LogP contribution in [-0.2, 0) is 9.84 Å². The first-order chi connectivity index (χ1) is 8.37. The van der Waals surface area contributed by atoms with Crippen LogP contribution in [0.25, 0.3) is 0 Å². The molecule has 0 atom stereocenters. The lowest BCUT2D eigenvalue weighted by Gasteiger charge is -2.27. The summed E-state index contributed by atoms with van der Waals surface area (Å²) < 4.78 is 22.7. The molecule has 0 saturated carbocycles. The number of nitrogens with two attached hydrogens (primary N) is 1. The van der Waals surface area contributed by atoms with Crippen LogP contribution in [0.4, 0.5) is 5.95 Å². The Kier molecular flexibility index (Phi) is 3.49. The van der Waals surface area contributed by atoms with Crippen molar-refractivity contribution in [3.05, 3.63) is 17.5 Å². The van der Waals surface area contributed by atoms with E-state index < -0.39 is 9.84 Å². The molecule has 0 aliphatic carbocycles. The number of sulfone groups is 1. The smallest absolute Gasteiger partial charge is 0.226 e. The molecule has 1 fully saturated rings. The average molecular weight is 286 g/mol. The van der Waals surface area contributed by atoms with Gasteiger partial charge in [-0.2, -0.15) is 0 Å². The van der Waals surface area contributed by atoms with Gasteiger partial charge in [-0.15, -0.1) is 0 Å². The largest absolute Gasteiger partial charge is 0.388 e. The van der Waals surface area contributed by atoms with Crippen LogP contribution in [0.15, 0.2) is 6.07 Å². The molecule has 2 N–H and O–H groups in total. The summed E-state index contributed by atoms with van der Waals surface area (Å²) in [4.78, 5) is 10.6. The molecule has 0 amide bonds. The molecule has 1 aromatic heterocycles. The Hall–Kier alpha value is -1.28. The molecule has 0 aromatic carbocycles. The van der Waals surface area contributed by atoms with E-state index in [0.29, 0.717) is 24.7 Å². The van der Waals surface area contributed by atoms with Crippen molar-refractivity contribution in [1.82, 2.24) is 9.97 Å². The second kappa shape index (κ2) is 4.77. The number of anilines is 1. The highest BCUT2D eigenvalue weighted by Crippen LogP contribution is 2.14. The number of hydrogen-bond acceptors (Lipinski definition) is 6. The standard InChI is InChI=1S/C10H14N4O2S2/c1-7-6-8(9(11)17)13-10(12-7)14-2-4-18(15,16)5-3-14/h6H,2-5H2,1H3,(H2,11,17). The normalized spacial score (nSPS) is 18.6. The van der Waals surface area contributed by atoms with Gasteiger partial charge in [0.2, 0.25) is 5.95 Å². The maximum atomic E-state index is 11.4. The van der Waals surface area contributed by atoms with Gasteiger partial charge in [-0.25, -0.2) is 18.4 Å². The molecule has 1 aromatic rings. The molecule has 0 unspecified atom stereocenters. The minimum Gasteiger partial charge on any atom is -0.388 e. The summed E-state index contributed by atoms with van der Waals surface area (Å²) in [5.74, 6) is 0.757. The second-order valence-corrected chi connectivity index (χ2v) is 6.94. The lowest BCUT2D eigenvalue weighted by Crippen LogP contribution is -2.41. The lowest BCUT2D eigenvalue weighted by atomic mass is 10.3. The summed E-state index contributed by atoms with van der Waals surface area (Å²) in [6.45, 7) is 2.64. The quantitative estimate of drug-likeness (QED) is 0.743. The van der Waals surface area contributed by atoms with Crippen LogP contribution in [0.1, 0.15) is 11.4 Å². The van der Waals surface area contributed by atoms with Crippen molar-refractivity contribution < 1.29 is 8.42 Å². The number of thiocarbonyl (C=S) groups is 1. The van der Waals surface area contributed by atoms with E-state index in [4.69, 9.17) is 18.0 Å². The molecule has 1 aliphatic rings. The van der Waals surface area contributed by atoms with Crippen molar-refractivity contribution in [3.8, 4) is 0 Å². The highest BCUT2D eigenvalue weighted by Gasteiger charge is 2.23. The zero-order valence-corrected chi connectivity index (χ0v) is 11.6. The second-order valence-electron chi connectivity index (χ2n) is 4.20. The Morgan fingerprint density at radius 2 is 2.00 bits per heavy atom. The van der Waals surface area contributed by atoms with E-state index in [9.17, 15) is 8.42 Å². The van der Waals surface area contributed by atoms with E-state index in [1.807, 2.05) is 11.8 Å². The Labute approximate surface area is 111 Å². The maximum Gasteiger partial charge on any atom is 0.226 e. The van der Waals surface area contributed by atoms with Crippen LogP contribution in [-0.4, -0.2) is 48.0 Å². The van der Waals surface area contributed by atoms with Crippen molar-refractivity contribution >= 4 is 33.0 Å². The zero-order valence-electron chi connectivity index (χ0n) is 9.96. The monoisotopic (exact) mass is 286 g/mol. The molecule has 2 rings (SSSR count). The van der Waals surface area contributed by atoms with Crippen molar-refractivity contribution in [2.75, 3.05) is 29.5 Å². The minimum absolute atomic E-state index is 0.132. The van der Waals surface area contributed by atoms with Gasteiger partial charge < -0.3 is 10.6 Å². The molecule has 0 spiro atoms. The summed E-state index contributed by atoms with van der Waals surface area (Å²) in [7, 11) is -2.91. The summed E-state index contributed by atoms with van der Waals surface area (Å²) in [5, 5.41) is 0. The van der Waals surface area contributed by atoms with Crippen LogP contribution >= 0.6 is 12.2 Å². The number of rotatable bonds is 2. The molecule has 1 aliphatic heterocycles. The number of aromatic nitrogens is 2. The van der Waals surface area contributed by atoms with Gasteiger partial charge in [0.25, 0.3) is 0 Å². The van der Waals surface area contributed by atoms with Gasteiger partial charge in [0.1, 0.15) is 10.7 Å². The van der Waals surface area contributed by atoms with Crippen LogP contribution in [0, 0.1) is 6.92 Å². The topological polar surface area (TPSA) is 89.2 Å². The van der Waals surface area contributed by atoms with Crippen LogP contribution < -0.4 is 10.6 Å². The zero-order chi connectivity index (χ0) is 13.3. The fraction of sp³-hybridized carbons (Fsp3) is 0.500. The van der Waals surface area contributed by atoms with Crippen molar-refractivity contribution in [2.45, 2.75) is 6.92 Å². The van der Waals surface area contributed by atoms with E-state index in [1.54, 1.807) is 6.07 Å². The maximum absolute atomic E-state index is 11.4. The lowest BCUT2D eigenvalue weighted by molar-refractivity contribution is 0.585. The number of nitrogens with zero attached hydrogens (tertiary/aromatic N) is 3. The highest BCUT2D eigenvalue weighted by atomic mass is 32.2. The molecule has 1 saturated heterocycles. The van der Waals surface area contributed by atoms with Crippen molar-refractivity contribution in [1.29, 1.82) is 0 Å². The van der Waals surface area contributed by atoms with E-state index in [1.165, 1.54) is 0 Å². The summed E-state index contributed by atoms with van der Waals surface area (Å²) in [6, 6.07) is 1.71. The molecular weight excluding hydrogens is 272 g/mol. The Morgan fingerprint density at radius 3 is 2.56 bits per heavy atom. The molecule has 0 bridgehead atoms. The third-order valence-corrected chi connectivity index (χ3v) is 4.54. The molecular formula is C10H14N4O2S2. The predicted molar refractivity (Wildman–Crippen MR) is 73.5 cm³/mol. The third kappa shape index (κ3) is 2.94. The fourth-order valence-electron chi connectivity index (χ4n) is 1.73. The van der Waals surface area contributed by atoms with Crippen molar-refractivity contribution in [3.63, 3.8) is 0 Å². The third-order valence-electron chi connectivity index (χ3n) is 2.72. The number of aryl methyl sites for hydroxylation is 1. The Morgan fingerprint density at radius 1 is 1.39 bits per heavy atom. The summed E-state index contributed by atoms with van der Waals surface area (Å²) in [5.41, 5.74) is 6.83. The SMILES string of the molecule is Cc1cc(C(N)=S)nc(N2CCS(=O)(=O)CC2)n1. The highest BCUT2D eigenvalue weighted by molar-refractivity contribution is 7.91. The summed E-state index contributed by atoms with van der Waals surface area (Å²) >= 11 is 4.89. The average Bonchev–Trinajstić information content (AvgIpc) is 2.28. The van der Waals surface area contributed by atoms with Gasteiger partial charge in [-0.3, -0.25) is 0 Å². The Balaban J connectivity index is 2.26.